The lowest BCUT2D eigenvalue weighted by Gasteiger charge is -2.12. The van der Waals surface area contributed by atoms with Crippen LogP contribution in [-0.4, -0.2) is 11.7 Å². The molecule has 0 bridgehead atoms. The highest BCUT2D eigenvalue weighted by Gasteiger charge is 2.04. The number of halogens is 1. The minimum atomic E-state index is 0.163. The van der Waals surface area contributed by atoms with Crippen LogP contribution in [-0.2, 0) is 6.42 Å². The average Bonchev–Trinajstić information content (AvgIpc) is 2.38. The zero-order chi connectivity index (χ0) is 13.8. The van der Waals surface area contributed by atoms with E-state index < -0.39 is 0 Å². The van der Waals surface area contributed by atoms with Crippen molar-refractivity contribution in [2.75, 3.05) is 17.7 Å². The van der Waals surface area contributed by atoms with E-state index in [-0.39, 0.29) is 6.61 Å². The third kappa shape index (κ3) is 3.40. The highest BCUT2D eigenvalue weighted by molar-refractivity contribution is 6.31. The van der Waals surface area contributed by atoms with Gasteiger partial charge in [0.15, 0.2) is 0 Å². The first-order valence-corrected chi connectivity index (χ1v) is 6.50. The van der Waals surface area contributed by atoms with Crippen molar-refractivity contribution in [3.63, 3.8) is 0 Å². The molecule has 4 heteroatoms. The van der Waals surface area contributed by atoms with Gasteiger partial charge >= 0.3 is 0 Å². The van der Waals surface area contributed by atoms with Crippen LogP contribution in [0.15, 0.2) is 36.4 Å². The third-order valence-electron chi connectivity index (χ3n) is 2.96. The number of nitrogen functional groups attached to an aromatic ring is 1. The lowest BCUT2D eigenvalue weighted by molar-refractivity contribution is 0.299. The van der Waals surface area contributed by atoms with Crippen LogP contribution in [0.2, 0.25) is 5.02 Å². The van der Waals surface area contributed by atoms with Crippen LogP contribution in [0.4, 0.5) is 17.1 Å². The highest BCUT2D eigenvalue weighted by Crippen LogP contribution is 2.29. The molecule has 0 amide bonds. The Hall–Kier alpha value is -1.71. The normalized spacial score (nSPS) is 10.5. The van der Waals surface area contributed by atoms with E-state index in [9.17, 15) is 0 Å². The maximum Gasteiger partial charge on any atom is 0.0621 e. The second-order valence-electron chi connectivity index (χ2n) is 4.48. The van der Waals surface area contributed by atoms with Crippen molar-refractivity contribution in [3.8, 4) is 0 Å². The predicted octanol–water partition coefficient (Wildman–Crippen LogP) is 3.51. The molecule has 0 heterocycles. The fourth-order valence-corrected chi connectivity index (χ4v) is 2.02. The fraction of sp³-hybridized carbons (Fsp3) is 0.200. The Kier molecular flexibility index (Phi) is 4.30. The fourth-order valence-electron chi connectivity index (χ4n) is 1.84. The van der Waals surface area contributed by atoms with Crippen molar-refractivity contribution in [1.29, 1.82) is 0 Å². The van der Waals surface area contributed by atoms with Gasteiger partial charge in [-0.3, -0.25) is 0 Å². The van der Waals surface area contributed by atoms with Gasteiger partial charge in [-0.15, -0.1) is 0 Å². The van der Waals surface area contributed by atoms with Crippen molar-refractivity contribution in [2.45, 2.75) is 13.3 Å². The van der Waals surface area contributed by atoms with Gasteiger partial charge in [0.05, 0.1) is 11.4 Å². The van der Waals surface area contributed by atoms with Crippen molar-refractivity contribution >= 4 is 28.7 Å². The Morgan fingerprint density at radius 1 is 1.21 bits per heavy atom. The van der Waals surface area contributed by atoms with Gasteiger partial charge in [-0.2, -0.15) is 0 Å². The molecular formula is C15H17ClN2O. The van der Waals surface area contributed by atoms with E-state index in [0.717, 1.165) is 22.5 Å². The molecule has 0 radical (unpaired) electrons. The predicted molar refractivity (Wildman–Crippen MR) is 81.1 cm³/mol. The van der Waals surface area contributed by atoms with Crippen LogP contribution in [0.25, 0.3) is 0 Å². The molecule has 0 unspecified atom stereocenters. The molecule has 0 fully saturated rings. The summed E-state index contributed by atoms with van der Waals surface area (Å²) in [4.78, 5) is 0. The molecule has 0 aliphatic carbocycles. The van der Waals surface area contributed by atoms with E-state index >= 15 is 0 Å². The molecule has 2 aromatic carbocycles. The number of aryl methyl sites for hydroxylation is 1. The number of aliphatic hydroxyl groups excluding tert-OH is 1. The van der Waals surface area contributed by atoms with Crippen LogP contribution >= 0.6 is 11.6 Å². The molecule has 0 saturated heterocycles. The summed E-state index contributed by atoms with van der Waals surface area (Å²) in [7, 11) is 0. The van der Waals surface area contributed by atoms with E-state index in [1.807, 2.05) is 37.3 Å². The van der Waals surface area contributed by atoms with Gasteiger partial charge in [0.2, 0.25) is 0 Å². The van der Waals surface area contributed by atoms with Crippen LogP contribution in [0.5, 0.6) is 0 Å². The van der Waals surface area contributed by atoms with Gasteiger partial charge in [-0.1, -0.05) is 23.7 Å². The summed E-state index contributed by atoms with van der Waals surface area (Å²) in [5, 5.41) is 12.8. The smallest absolute Gasteiger partial charge is 0.0621 e. The number of anilines is 3. The molecule has 0 saturated carbocycles. The molecule has 19 heavy (non-hydrogen) atoms. The number of aliphatic hydroxyl groups is 1. The molecule has 0 aliphatic rings. The summed E-state index contributed by atoms with van der Waals surface area (Å²) in [6.45, 7) is 2.10. The molecule has 0 atom stereocenters. The average molecular weight is 277 g/mol. The Balaban J connectivity index is 2.19. The first kappa shape index (κ1) is 13.7. The summed E-state index contributed by atoms with van der Waals surface area (Å²) in [6, 6.07) is 11.6. The number of nitrogens with two attached hydrogens (primary N) is 1. The van der Waals surface area contributed by atoms with Gasteiger partial charge in [0.1, 0.15) is 0 Å². The molecule has 2 aromatic rings. The van der Waals surface area contributed by atoms with E-state index in [4.69, 9.17) is 22.4 Å². The van der Waals surface area contributed by atoms with Gasteiger partial charge in [-0.05, 0) is 48.7 Å². The largest absolute Gasteiger partial charge is 0.397 e. The molecule has 0 aromatic heterocycles. The maximum atomic E-state index is 8.87. The highest BCUT2D eigenvalue weighted by atomic mass is 35.5. The topological polar surface area (TPSA) is 58.3 Å². The standard InChI is InChI=1S/C15H17ClN2O/c1-10-8-15(14(17)9-13(10)16)18-12-4-2-11(3-5-12)6-7-19/h2-5,8-9,18-19H,6-7,17H2,1H3. The number of nitrogens with one attached hydrogen (secondary N) is 1. The SMILES string of the molecule is Cc1cc(Nc2ccc(CCO)cc2)c(N)cc1Cl. The van der Waals surface area contributed by atoms with Crippen LogP contribution < -0.4 is 11.1 Å². The first-order chi connectivity index (χ1) is 9.10. The van der Waals surface area contributed by atoms with Gasteiger partial charge in [-0.25, -0.2) is 0 Å². The molecule has 0 spiro atoms. The Bertz CT molecular complexity index is 567. The molecule has 2 rings (SSSR count). The van der Waals surface area contributed by atoms with E-state index in [1.54, 1.807) is 6.07 Å². The Morgan fingerprint density at radius 2 is 1.89 bits per heavy atom. The van der Waals surface area contributed by atoms with Crippen molar-refractivity contribution < 1.29 is 5.11 Å². The van der Waals surface area contributed by atoms with Crippen molar-refractivity contribution in [2.24, 2.45) is 0 Å². The maximum absolute atomic E-state index is 8.87. The molecule has 100 valence electrons. The Labute approximate surface area is 118 Å². The summed E-state index contributed by atoms with van der Waals surface area (Å²) in [5.41, 5.74) is 10.4. The number of benzene rings is 2. The van der Waals surface area contributed by atoms with E-state index in [1.165, 1.54) is 0 Å². The monoisotopic (exact) mass is 276 g/mol. The third-order valence-corrected chi connectivity index (χ3v) is 3.37. The summed E-state index contributed by atoms with van der Waals surface area (Å²) >= 11 is 6.01. The zero-order valence-electron chi connectivity index (χ0n) is 10.8. The van der Waals surface area contributed by atoms with Crippen molar-refractivity contribution in [3.05, 3.63) is 52.5 Å². The van der Waals surface area contributed by atoms with E-state index in [2.05, 4.69) is 5.32 Å². The lowest BCUT2D eigenvalue weighted by Crippen LogP contribution is -1.98. The summed E-state index contributed by atoms with van der Waals surface area (Å²) in [6.07, 6.45) is 0.669. The molecule has 4 N–H and O–H groups in total. The number of hydrogen-bond acceptors (Lipinski definition) is 3. The minimum absolute atomic E-state index is 0.163. The number of rotatable bonds is 4. The summed E-state index contributed by atoms with van der Waals surface area (Å²) < 4.78 is 0. The van der Waals surface area contributed by atoms with Crippen LogP contribution in [0, 0.1) is 6.92 Å². The quantitative estimate of drug-likeness (QED) is 0.749. The molecule has 3 nitrogen and oxygen atoms in total. The summed E-state index contributed by atoms with van der Waals surface area (Å²) in [5.74, 6) is 0. The second kappa shape index (κ2) is 5.95. The van der Waals surface area contributed by atoms with Crippen molar-refractivity contribution in [1.82, 2.24) is 0 Å². The van der Waals surface area contributed by atoms with Gasteiger partial charge in [0, 0.05) is 17.3 Å². The lowest BCUT2D eigenvalue weighted by atomic mass is 10.1. The zero-order valence-corrected chi connectivity index (χ0v) is 11.5. The van der Waals surface area contributed by atoms with Crippen LogP contribution in [0.3, 0.4) is 0 Å². The van der Waals surface area contributed by atoms with E-state index in [0.29, 0.717) is 17.1 Å². The second-order valence-corrected chi connectivity index (χ2v) is 4.89. The first-order valence-electron chi connectivity index (χ1n) is 6.12. The van der Waals surface area contributed by atoms with Gasteiger partial charge < -0.3 is 16.2 Å². The molecular weight excluding hydrogens is 260 g/mol. The Morgan fingerprint density at radius 3 is 2.53 bits per heavy atom. The van der Waals surface area contributed by atoms with Crippen LogP contribution in [0.1, 0.15) is 11.1 Å². The molecule has 0 aliphatic heterocycles. The minimum Gasteiger partial charge on any atom is -0.397 e. The number of hydrogen-bond donors (Lipinski definition) is 3. The van der Waals surface area contributed by atoms with Gasteiger partial charge in [0.25, 0.3) is 0 Å².